The van der Waals surface area contributed by atoms with E-state index in [1.54, 1.807) is 6.08 Å². The lowest BCUT2D eigenvalue weighted by Crippen LogP contribution is -2.36. The van der Waals surface area contributed by atoms with Crippen LogP contribution in [0.5, 0.6) is 0 Å². The monoisotopic (exact) mass is 355 g/mol. The van der Waals surface area contributed by atoms with Crippen LogP contribution < -0.4 is 4.90 Å². The van der Waals surface area contributed by atoms with E-state index in [2.05, 4.69) is 15.9 Å². The number of anilines is 1. The largest absolute Gasteiger partial charge is 0.292 e. The first-order chi connectivity index (χ1) is 10.6. The van der Waals surface area contributed by atoms with Crippen LogP contribution in [0, 0.1) is 0 Å². The van der Waals surface area contributed by atoms with Gasteiger partial charge in [0, 0.05) is 17.8 Å². The van der Waals surface area contributed by atoms with E-state index in [-0.39, 0.29) is 11.7 Å². The number of halogens is 1. The highest BCUT2D eigenvalue weighted by Crippen LogP contribution is 2.32. The third kappa shape index (κ3) is 2.62. The first-order valence-electron chi connectivity index (χ1n) is 6.96. The summed E-state index contributed by atoms with van der Waals surface area (Å²) in [6.45, 7) is 1.48. The van der Waals surface area contributed by atoms with Gasteiger partial charge in [-0.3, -0.25) is 14.5 Å². The fraction of sp³-hybridized carbons (Fsp3) is 0.111. The summed E-state index contributed by atoms with van der Waals surface area (Å²) in [5, 5.41) is 0. The molecule has 0 radical (unpaired) electrons. The number of benzene rings is 2. The van der Waals surface area contributed by atoms with Crippen LogP contribution >= 0.6 is 15.9 Å². The second-order valence-corrected chi connectivity index (χ2v) is 5.99. The Morgan fingerprint density at radius 1 is 1.14 bits per heavy atom. The van der Waals surface area contributed by atoms with E-state index >= 15 is 0 Å². The van der Waals surface area contributed by atoms with Crippen LogP contribution in [0.15, 0.2) is 58.7 Å². The Morgan fingerprint density at radius 3 is 2.55 bits per heavy atom. The fourth-order valence-electron chi connectivity index (χ4n) is 2.62. The third-order valence-electron chi connectivity index (χ3n) is 3.62. The number of carbonyl (C=O) groups is 2. The molecule has 0 fully saturated rings. The SMILES string of the molecule is CC(=O)N1/C(=C\c2ccccc2Br)C(=O)Cc2ccccc21. The van der Waals surface area contributed by atoms with Gasteiger partial charge in [-0.2, -0.15) is 0 Å². The molecular formula is C18H14BrNO2. The average Bonchev–Trinajstić information content (AvgIpc) is 2.49. The number of para-hydroxylation sites is 1. The number of hydrogen-bond donors (Lipinski definition) is 0. The minimum absolute atomic E-state index is 0.0512. The minimum Gasteiger partial charge on any atom is -0.292 e. The van der Waals surface area contributed by atoms with E-state index in [0.29, 0.717) is 12.1 Å². The smallest absolute Gasteiger partial charge is 0.228 e. The number of allylic oxidation sites excluding steroid dienone is 1. The van der Waals surface area contributed by atoms with Gasteiger partial charge in [-0.1, -0.05) is 52.3 Å². The normalized spacial score (nSPS) is 15.8. The maximum absolute atomic E-state index is 12.5. The third-order valence-corrected chi connectivity index (χ3v) is 4.34. The molecule has 0 spiro atoms. The Balaban J connectivity index is 2.16. The van der Waals surface area contributed by atoms with Crippen LogP contribution in [-0.4, -0.2) is 11.7 Å². The lowest BCUT2D eigenvalue weighted by Gasteiger charge is -2.30. The van der Waals surface area contributed by atoms with Gasteiger partial charge in [0.05, 0.1) is 11.4 Å². The van der Waals surface area contributed by atoms with Crippen LogP contribution in [0.1, 0.15) is 18.1 Å². The zero-order valence-electron chi connectivity index (χ0n) is 12.0. The van der Waals surface area contributed by atoms with Crippen LogP contribution in [-0.2, 0) is 16.0 Å². The Bertz CT molecular complexity index is 795. The van der Waals surface area contributed by atoms with Crippen molar-refractivity contribution in [2.75, 3.05) is 4.90 Å². The van der Waals surface area contributed by atoms with Gasteiger partial charge in [0.1, 0.15) is 0 Å². The van der Waals surface area contributed by atoms with Crippen molar-refractivity contribution in [3.05, 3.63) is 69.8 Å². The topological polar surface area (TPSA) is 37.4 Å². The summed E-state index contributed by atoms with van der Waals surface area (Å²) in [6, 6.07) is 15.1. The highest BCUT2D eigenvalue weighted by atomic mass is 79.9. The number of amides is 1. The van der Waals surface area contributed by atoms with Crippen molar-refractivity contribution in [3.63, 3.8) is 0 Å². The van der Waals surface area contributed by atoms with Crippen molar-refractivity contribution in [1.29, 1.82) is 0 Å². The number of rotatable bonds is 1. The molecule has 3 rings (SSSR count). The van der Waals surface area contributed by atoms with E-state index in [1.807, 2.05) is 48.5 Å². The Labute approximate surface area is 137 Å². The summed E-state index contributed by atoms with van der Waals surface area (Å²) in [5.74, 6) is -0.219. The summed E-state index contributed by atoms with van der Waals surface area (Å²) in [7, 11) is 0. The molecule has 110 valence electrons. The summed E-state index contributed by atoms with van der Waals surface area (Å²) in [5.41, 5.74) is 2.95. The van der Waals surface area contributed by atoms with Crippen molar-refractivity contribution in [1.82, 2.24) is 0 Å². The van der Waals surface area contributed by atoms with E-state index in [4.69, 9.17) is 0 Å². The molecule has 2 aromatic carbocycles. The predicted molar refractivity (Wildman–Crippen MR) is 90.4 cm³/mol. The molecule has 0 bridgehead atoms. The summed E-state index contributed by atoms with van der Waals surface area (Å²) in [6.07, 6.45) is 2.08. The number of fused-ring (bicyclic) bond motifs is 1. The lowest BCUT2D eigenvalue weighted by atomic mass is 9.96. The lowest BCUT2D eigenvalue weighted by molar-refractivity contribution is -0.119. The van der Waals surface area contributed by atoms with Crippen LogP contribution in [0.25, 0.3) is 6.08 Å². The summed E-state index contributed by atoms with van der Waals surface area (Å²) < 4.78 is 0.887. The molecular weight excluding hydrogens is 342 g/mol. The zero-order chi connectivity index (χ0) is 15.7. The van der Waals surface area contributed by atoms with Gasteiger partial charge in [0.25, 0.3) is 0 Å². The quantitative estimate of drug-likeness (QED) is 0.725. The molecule has 0 saturated carbocycles. The number of carbonyl (C=O) groups excluding carboxylic acids is 2. The second-order valence-electron chi connectivity index (χ2n) is 5.13. The molecule has 3 nitrogen and oxygen atoms in total. The molecule has 4 heteroatoms. The Morgan fingerprint density at radius 2 is 1.82 bits per heavy atom. The van der Waals surface area contributed by atoms with E-state index in [1.165, 1.54) is 11.8 Å². The van der Waals surface area contributed by atoms with Gasteiger partial charge in [0.2, 0.25) is 5.91 Å². The molecule has 2 aromatic rings. The standard InChI is InChI=1S/C18H14BrNO2/c1-12(21)20-16-9-5-3-7-14(16)11-18(22)17(20)10-13-6-2-4-8-15(13)19/h2-10H,11H2,1H3/b17-10-. The fourth-order valence-corrected chi connectivity index (χ4v) is 3.02. The Kier molecular flexibility index (Phi) is 3.94. The van der Waals surface area contributed by atoms with Gasteiger partial charge in [-0.15, -0.1) is 0 Å². The number of nitrogens with zero attached hydrogens (tertiary/aromatic N) is 1. The first-order valence-corrected chi connectivity index (χ1v) is 7.75. The molecule has 0 aliphatic carbocycles. The van der Waals surface area contributed by atoms with Crippen molar-refractivity contribution in [3.8, 4) is 0 Å². The number of ketones is 1. The highest BCUT2D eigenvalue weighted by Gasteiger charge is 2.30. The molecule has 1 aliphatic heterocycles. The molecule has 1 aliphatic rings. The molecule has 0 saturated heterocycles. The minimum atomic E-state index is -0.168. The molecule has 1 amide bonds. The molecule has 0 N–H and O–H groups in total. The molecule has 0 atom stereocenters. The van der Waals surface area contributed by atoms with Crippen molar-refractivity contribution in [2.45, 2.75) is 13.3 Å². The van der Waals surface area contributed by atoms with E-state index in [0.717, 1.165) is 21.3 Å². The maximum Gasteiger partial charge on any atom is 0.228 e. The number of hydrogen-bond acceptors (Lipinski definition) is 2. The first kappa shape index (κ1) is 14.7. The number of Topliss-reactive ketones (excluding diaryl/α,β-unsaturated/α-hetero) is 1. The molecule has 0 unspecified atom stereocenters. The van der Waals surface area contributed by atoms with Crippen LogP contribution in [0.2, 0.25) is 0 Å². The summed E-state index contributed by atoms with van der Waals surface area (Å²) in [4.78, 5) is 26.1. The zero-order valence-corrected chi connectivity index (χ0v) is 13.6. The second kappa shape index (κ2) is 5.89. The summed E-state index contributed by atoms with van der Waals surface area (Å²) >= 11 is 3.47. The predicted octanol–water partition coefficient (Wildman–Crippen LogP) is 3.97. The van der Waals surface area contributed by atoms with Gasteiger partial charge in [0.15, 0.2) is 5.78 Å². The van der Waals surface area contributed by atoms with Crippen LogP contribution in [0.4, 0.5) is 5.69 Å². The van der Waals surface area contributed by atoms with Crippen molar-refractivity contribution < 1.29 is 9.59 Å². The Hall–Kier alpha value is -2.20. The van der Waals surface area contributed by atoms with Gasteiger partial charge < -0.3 is 0 Å². The van der Waals surface area contributed by atoms with E-state index in [9.17, 15) is 9.59 Å². The highest BCUT2D eigenvalue weighted by molar-refractivity contribution is 9.10. The van der Waals surface area contributed by atoms with E-state index < -0.39 is 0 Å². The van der Waals surface area contributed by atoms with Crippen molar-refractivity contribution in [2.24, 2.45) is 0 Å². The molecule has 1 heterocycles. The maximum atomic E-state index is 12.5. The van der Waals surface area contributed by atoms with Gasteiger partial charge in [-0.05, 0) is 29.3 Å². The van der Waals surface area contributed by atoms with Crippen LogP contribution in [0.3, 0.4) is 0 Å². The van der Waals surface area contributed by atoms with Gasteiger partial charge in [-0.25, -0.2) is 0 Å². The molecule has 0 aromatic heterocycles. The molecule has 22 heavy (non-hydrogen) atoms. The average molecular weight is 356 g/mol. The van der Waals surface area contributed by atoms with Gasteiger partial charge >= 0.3 is 0 Å². The van der Waals surface area contributed by atoms with Crippen molar-refractivity contribution >= 4 is 39.4 Å².